The molecule has 0 aromatic heterocycles. The number of halogens is 1. The van der Waals surface area contributed by atoms with E-state index in [1.54, 1.807) is 7.11 Å². The standard InChI is InChI=1S/C13H20BrNO/c1-9(10(2)8-15)6-11-7-12(16-3)4-5-13(11)14/h4-5,7,9-10H,6,8,15H2,1-3H3. The van der Waals surface area contributed by atoms with Gasteiger partial charge in [-0.05, 0) is 48.6 Å². The van der Waals surface area contributed by atoms with E-state index < -0.39 is 0 Å². The third-order valence-corrected chi connectivity index (χ3v) is 3.91. The SMILES string of the molecule is COc1ccc(Br)c(CC(C)C(C)CN)c1. The third kappa shape index (κ3) is 3.49. The Hall–Kier alpha value is -0.540. The first kappa shape index (κ1) is 13.5. The van der Waals surface area contributed by atoms with E-state index >= 15 is 0 Å². The van der Waals surface area contributed by atoms with Gasteiger partial charge < -0.3 is 10.5 Å². The summed E-state index contributed by atoms with van der Waals surface area (Å²) in [5.41, 5.74) is 6.97. The van der Waals surface area contributed by atoms with Gasteiger partial charge in [-0.15, -0.1) is 0 Å². The van der Waals surface area contributed by atoms with Crippen molar-refractivity contribution in [2.24, 2.45) is 17.6 Å². The average Bonchev–Trinajstić information content (AvgIpc) is 2.30. The van der Waals surface area contributed by atoms with E-state index in [1.165, 1.54) is 5.56 Å². The minimum Gasteiger partial charge on any atom is -0.497 e. The molecule has 0 fully saturated rings. The molecule has 0 spiro atoms. The summed E-state index contributed by atoms with van der Waals surface area (Å²) >= 11 is 3.57. The molecule has 0 bridgehead atoms. The van der Waals surface area contributed by atoms with Crippen molar-refractivity contribution in [1.82, 2.24) is 0 Å². The molecule has 2 N–H and O–H groups in total. The highest BCUT2D eigenvalue weighted by Gasteiger charge is 2.13. The van der Waals surface area contributed by atoms with Crippen LogP contribution in [0.5, 0.6) is 5.75 Å². The Bertz CT molecular complexity index is 341. The molecule has 16 heavy (non-hydrogen) atoms. The van der Waals surface area contributed by atoms with E-state index in [2.05, 4.69) is 35.8 Å². The molecular formula is C13H20BrNO. The molecule has 0 amide bonds. The van der Waals surface area contributed by atoms with Crippen LogP contribution in [0, 0.1) is 11.8 Å². The maximum absolute atomic E-state index is 5.68. The van der Waals surface area contributed by atoms with Gasteiger partial charge in [0.25, 0.3) is 0 Å². The van der Waals surface area contributed by atoms with Gasteiger partial charge in [0.05, 0.1) is 7.11 Å². The first-order chi connectivity index (χ1) is 7.58. The Balaban J connectivity index is 2.79. The van der Waals surface area contributed by atoms with Crippen molar-refractivity contribution in [3.63, 3.8) is 0 Å². The van der Waals surface area contributed by atoms with Crippen LogP contribution in [0.3, 0.4) is 0 Å². The average molecular weight is 286 g/mol. The fraction of sp³-hybridized carbons (Fsp3) is 0.538. The molecule has 3 heteroatoms. The molecule has 2 unspecified atom stereocenters. The van der Waals surface area contributed by atoms with Crippen molar-refractivity contribution >= 4 is 15.9 Å². The molecule has 0 aliphatic rings. The molecule has 0 saturated carbocycles. The lowest BCUT2D eigenvalue weighted by Crippen LogP contribution is -2.20. The highest BCUT2D eigenvalue weighted by atomic mass is 79.9. The summed E-state index contributed by atoms with van der Waals surface area (Å²) in [7, 11) is 1.69. The van der Waals surface area contributed by atoms with Crippen LogP contribution in [0.1, 0.15) is 19.4 Å². The fourth-order valence-electron chi connectivity index (χ4n) is 1.61. The molecule has 1 rings (SSSR count). The molecule has 0 heterocycles. The second-order valence-corrected chi connectivity index (χ2v) is 5.21. The number of nitrogens with two attached hydrogens (primary N) is 1. The molecular weight excluding hydrogens is 266 g/mol. The zero-order chi connectivity index (χ0) is 12.1. The number of rotatable bonds is 5. The summed E-state index contributed by atoms with van der Waals surface area (Å²) in [5, 5.41) is 0. The summed E-state index contributed by atoms with van der Waals surface area (Å²) in [5.74, 6) is 2.03. The molecule has 1 aromatic rings. The smallest absolute Gasteiger partial charge is 0.119 e. The summed E-state index contributed by atoms with van der Waals surface area (Å²) in [6.07, 6.45) is 1.02. The Labute approximate surface area is 106 Å². The second kappa shape index (κ2) is 6.26. The lowest BCUT2D eigenvalue weighted by atomic mass is 9.90. The lowest BCUT2D eigenvalue weighted by Gasteiger charge is -2.19. The van der Waals surface area contributed by atoms with Crippen LogP contribution < -0.4 is 10.5 Å². The quantitative estimate of drug-likeness (QED) is 0.902. The van der Waals surface area contributed by atoms with Crippen molar-refractivity contribution < 1.29 is 4.74 Å². The van der Waals surface area contributed by atoms with Crippen molar-refractivity contribution in [1.29, 1.82) is 0 Å². The van der Waals surface area contributed by atoms with Crippen LogP contribution in [0.2, 0.25) is 0 Å². The van der Waals surface area contributed by atoms with Crippen LogP contribution in [-0.2, 0) is 6.42 Å². The van der Waals surface area contributed by atoms with Crippen LogP contribution in [-0.4, -0.2) is 13.7 Å². The molecule has 0 saturated heterocycles. The summed E-state index contributed by atoms with van der Waals surface area (Å²) in [6, 6.07) is 6.09. The van der Waals surface area contributed by atoms with Gasteiger partial charge in [-0.25, -0.2) is 0 Å². The Morgan fingerprint density at radius 2 is 2.00 bits per heavy atom. The number of hydrogen-bond acceptors (Lipinski definition) is 2. The maximum atomic E-state index is 5.68. The van der Waals surface area contributed by atoms with Crippen LogP contribution >= 0.6 is 15.9 Å². The number of benzene rings is 1. The molecule has 2 atom stereocenters. The van der Waals surface area contributed by atoms with Crippen molar-refractivity contribution in [2.45, 2.75) is 20.3 Å². The van der Waals surface area contributed by atoms with E-state index in [1.807, 2.05) is 12.1 Å². The first-order valence-corrected chi connectivity index (χ1v) is 6.40. The largest absolute Gasteiger partial charge is 0.497 e. The predicted molar refractivity (Wildman–Crippen MR) is 71.8 cm³/mol. The molecule has 0 aliphatic heterocycles. The Morgan fingerprint density at radius 3 is 2.56 bits per heavy atom. The highest BCUT2D eigenvalue weighted by Crippen LogP contribution is 2.26. The van der Waals surface area contributed by atoms with Crippen LogP contribution in [0.25, 0.3) is 0 Å². The summed E-state index contributed by atoms with van der Waals surface area (Å²) < 4.78 is 6.38. The number of ether oxygens (including phenoxy) is 1. The van der Waals surface area contributed by atoms with E-state index in [4.69, 9.17) is 10.5 Å². The van der Waals surface area contributed by atoms with Crippen molar-refractivity contribution in [3.05, 3.63) is 28.2 Å². The lowest BCUT2D eigenvalue weighted by molar-refractivity contribution is 0.390. The van der Waals surface area contributed by atoms with Gasteiger partial charge >= 0.3 is 0 Å². The monoisotopic (exact) mass is 285 g/mol. The zero-order valence-corrected chi connectivity index (χ0v) is 11.8. The molecule has 90 valence electrons. The topological polar surface area (TPSA) is 35.2 Å². The van der Waals surface area contributed by atoms with Crippen LogP contribution in [0.4, 0.5) is 0 Å². The minimum atomic E-state index is 0.540. The minimum absolute atomic E-state index is 0.540. The third-order valence-electron chi connectivity index (χ3n) is 3.14. The van der Waals surface area contributed by atoms with Crippen molar-refractivity contribution in [3.8, 4) is 5.75 Å². The molecule has 0 radical (unpaired) electrons. The van der Waals surface area contributed by atoms with Gasteiger partial charge in [0, 0.05) is 4.47 Å². The normalized spacial score (nSPS) is 14.6. The van der Waals surface area contributed by atoms with Gasteiger partial charge in [0.1, 0.15) is 5.75 Å². The summed E-state index contributed by atoms with van der Waals surface area (Å²) in [4.78, 5) is 0. The van der Waals surface area contributed by atoms with Gasteiger partial charge in [-0.3, -0.25) is 0 Å². The highest BCUT2D eigenvalue weighted by molar-refractivity contribution is 9.10. The predicted octanol–water partition coefficient (Wildman–Crippen LogP) is 3.23. The number of hydrogen-bond donors (Lipinski definition) is 1. The van der Waals surface area contributed by atoms with Gasteiger partial charge in [-0.2, -0.15) is 0 Å². The van der Waals surface area contributed by atoms with Crippen molar-refractivity contribution in [2.75, 3.05) is 13.7 Å². The molecule has 0 aliphatic carbocycles. The van der Waals surface area contributed by atoms with E-state index in [9.17, 15) is 0 Å². The van der Waals surface area contributed by atoms with E-state index in [0.717, 1.165) is 23.2 Å². The van der Waals surface area contributed by atoms with E-state index in [-0.39, 0.29) is 0 Å². The second-order valence-electron chi connectivity index (χ2n) is 4.35. The van der Waals surface area contributed by atoms with Crippen LogP contribution in [0.15, 0.2) is 22.7 Å². The number of methoxy groups -OCH3 is 1. The fourth-order valence-corrected chi connectivity index (χ4v) is 2.02. The first-order valence-electron chi connectivity index (χ1n) is 5.61. The summed E-state index contributed by atoms with van der Waals surface area (Å²) in [6.45, 7) is 5.17. The zero-order valence-electron chi connectivity index (χ0n) is 10.2. The van der Waals surface area contributed by atoms with Gasteiger partial charge in [0.15, 0.2) is 0 Å². The van der Waals surface area contributed by atoms with Gasteiger partial charge in [-0.1, -0.05) is 29.8 Å². The van der Waals surface area contributed by atoms with Gasteiger partial charge in [0.2, 0.25) is 0 Å². The Morgan fingerprint density at radius 1 is 1.31 bits per heavy atom. The molecule has 1 aromatic carbocycles. The molecule has 2 nitrogen and oxygen atoms in total. The maximum Gasteiger partial charge on any atom is 0.119 e. The Kier molecular flexibility index (Phi) is 5.29. The van der Waals surface area contributed by atoms with E-state index in [0.29, 0.717) is 11.8 Å².